The number of benzene rings is 2. The molecule has 0 aliphatic carbocycles. The fourth-order valence-electron chi connectivity index (χ4n) is 2.50. The van der Waals surface area contributed by atoms with Crippen LogP contribution in [0.4, 0.5) is 0 Å². The average Bonchev–Trinajstić information content (AvgIpc) is 2.65. The molecule has 128 valence electrons. The second-order valence-corrected chi connectivity index (χ2v) is 5.61. The highest BCUT2D eigenvalue weighted by molar-refractivity contribution is 6.00. The number of carbonyl (C=O) groups is 1. The van der Waals surface area contributed by atoms with Crippen molar-refractivity contribution in [3.8, 4) is 11.5 Å². The van der Waals surface area contributed by atoms with Crippen molar-refractivity contribution in [2.75, 3.05) is 20.8 Å². The molecule has 4 heteroatoms. The van der Waals surface area contributed by atoms with Crippen molar-refractivity contribution in [3.05, 3.63) is 59.7 Å². The maximum absolute atomic E-state index is 13.0. The number of Topliss-reactive ketones (excluding diaryl/α,β-unsaturated/α-hetero) is 1. The first kappa shape index (κ1) is 18.0. The molecule has 0 saturated carbocycles. The lowest BCUT2D eigenvalue weighted by Gasteiger charge is -2.19. The molecule has 2 aromatic rings. The number of hydrogen-bond donors (Lipinski definition) is 1. The van der Waals surface area contributed by atoms with Crippen molar-refractivity contribution in [1.29, 1.82) is 0 Å². The van der Waals surface area contributed by atoms with Gasteiger partial charge in [-0.1, -0.05) is 25.5 Å². The molecule has 0 bridgehead atoms. The topological polar surface area (TPSA) is 47.6 Å². The summed E-state index contributed by atoms with van der Waals surface area (Å²) in [7, 11) is 3.25. The van der Waals surface area contributed by atoms with E-state index < -0.39 is 0 Å². The van der Waals surface area contributed by atoms with E-state index in [1.807, 2.05) is 36.4 Å². The first-order valence-electron chi connectivity index (χ1n) is 8.25. The maximum Gasteiger partial charge on any atom is 0.184 e. The van der Waals surface area contributed by atoms with E-state index in [4.69, 9.17) is 9.47 Å². The second-order valence-electron chi connectivity index (χ2n) is 5.61. The lowest BCUT2D eigenvalue weighted by atomic mass is 9.97. The Labute approximate surface area is 143 Å². The van der Waals surface area contributed by atoms with Crippen LogP contribution in [0.5, 0.6) is 11.5 Å². The van der Waals surface area contributed by atoms with Gasteiger partial charge in [0.1, 0.15) is 11.5 Å². The number of ether oxygens (including phenoxy) is 2. The summed E-state index contributed by atoms with van der Waals surface area (Å²) < 4.78 is 10.4. The van der Waals surface area contributed by atoms with Gasteiger partial charge in [-0.2, -0.15) is 0 Å². The minimum atomic E-state index is -0.365. The molecule has 0 heterocycles. The average molecular weight is 327 g/mol. The van der Waals surface area contributed by atoms with Crippen molar-refractivity contribution in [3.63, 3.8) is 0 Å². The van der Waals surface area contributed by atoms with Gasteiger partial charge >= 0.3 is 0 Å². The van der Waals surface area contributed by atoms with Crippen LogP contribution < -0.4 is 14.8 Å². The van der Waals surface area contributed by atoms with Crippen LogP contribution in [0.25, 0.3) is 0 Å². The second kappa shape index (κ2) is 9.08. The zero-order valence-corrected chi connectivity index (χ0v) is 14.5. The Kier molecular flexibility index (Phi) is 6.82. The summed E-state index contributed by atoms with van der Waals surface area (Å²) in [5.74, 6) is 1.58. The standard InChI is InChI=1S/C20H25NO3/c1-4-5-14-21-19(15-6-10-17(23-2)11-7-15)20(22)16-8-12-18(24-3)13-9-16/h6-13,19,21H,4-5,14H2,1-3H3/t19-/m1/s1. The van der Waals surface area contributed by atoms with Crippen molar-refractivity contribution in [2.45, 2.75) is 25.8 Å². The highest BCUT2D eigenvalue weighted by atomic mass is 16.5. The highest BCUT2D eigenvalue weighted by Gasteiger charge is 2.21. The molecule has 0 aliphatic heterocycles. The van der Waals surface area contributed by atoms with E-state index in [0.717, 1.165) is 36.4 Å². The van der Waals surface area contributed by atoms with E-state index in [-0.39, 0.29) is 11.8 Å². The van der Waals surface area contributed by atoms with Crippen LogP contribution in [0.2, 0.25) is 0 Å². The van der Waals surface area contributed by atoms with Crippen molar-refractivity contribution < 1.29 is 14.3 Å². The first-order valence-corrected chi connectivity index (χ1v) is 8.25. The number of ketones is 1. The Morgan fingerprint density at radius 2 is 1.50 bits per heavy atom. The lowest BCUT2D eigenvalue weighted by molar-refractivity contribution is 0.0942. The van der Waals surface area contributed by atoms with Gasteiger partial charge in [0, 0.05) is 5.56 Å². The summed E-state index contributed by atoms with van der Waals surface area (Å²) >= 11 is 0. The van der Waals surface area contributed by atoms with Gasteiger partial charge in [0.25, 0.3) is 0 Å². The zero-order chi connectivity index (χ0) is 17.4. The van der Waals surface area contributed by atoms with Gasteiger partial charge in [0.2, 0.25) is 0 Å². The number of methoxy groups -OCH3 is 2. The number of nitrogens with one attached hydrogen (secondary N) is 1. The molecule has 0 unspecified atom stereocenters. The fraction of sp³-hybridized carbons (Fsp3) is 0.350. The SMILES string of the molecule is CCCCN[C@@H](C(=O)c1ccc(OC)cc1)c1ccc(OC)cc1. The van der Waals surface area contributed by atoms with E-state index in [1.54, 1.807) is 26.4 Å². The fourth-order valence-corrected chi connectivity index (χ4v) is 2.50. The first-order chi connectivity index (χ1) is 11.7. The molecular formula is C20H25NO3. The Bertz CT molecular complexity index is 635. The molecule has 0 fully saturated rings. The Balaban J connectivity index is 2.23. The number of unbranched alkanes of at least 4 members (excludes halogenated alkanes) is 1. The summed E-state index contributed by atoms with van der Waals surface area (Å²) in [6.45, 7) is 2.93. The normalized spacial score (nSPS) is 11.8. The lowest BCUT2D eigenvalue weighted by Crippen LogP contribution is -2.29. The number of carbonyl (C=O) groups excluding carboxylic acids is 1. The largest absolute Gasteiger partial charge is 0.497 e. The van der Waals surface area contributed by atoms with Gasteiger partial charge in [-0.05, 0) is 54.9 Å². The molecule has 0 aromatic heterocycles. The Morgan fingerprint density at radius 3 is 2.00 bits per heavy atom. The molecule has 1 atom stereocenters. The summed E-state index contributed by atoms with van der Waals surface area (Å²) in [5, 5.41) is 3.38. The van der Waals surface area contributed by atoms with Crippen LogP contribution in [0.3, 0.4) is 0 Å². The van der Waals surface area contributed by atoms with Crippen LogP contribution in [-0.2, 0) is 0 Å². The van der Waals surface area contributed by atoms with Gasteiger partial charge in [0.05, 0.1) is 20.3 Å². The van der Waals surface area contributed by atoms with Crippen LogP contribution in [0, 0.1) is 0 Å². The third-order valence-electron chi connectivity index (χ3n) is 3.96. The summed E-state index contributed by atoms with van der Waals surface area (Å²) in [5.41, 5.74) is 1.60. The highest BCUT2D eigenvalue weighted by Crippen LogP contribution is 2.23. The van der Waals surface area contributed by atoms with E-state index >= 15 is 0 Å². The van der Waals surface area contributed by atoms with E-state index in [1.165, 1.54) is 0 Å². The minimum absolute atomic E-state index is 0.0546. The van der Waals surface area contributed by atoms with Crippen LogP contribution in [0.1, 0.15) is 41.7 Å². The quantitative estimate of drug-likeness (QED) is 0.558. The Morgan fingerprint density at radius 1 is 0.958 bits per heavy atom. The number of rotatable bonds is 9. The molecule has 24 heavy (non-hydrogen) atoms. The van der Waals surface area contributed by atoms with Crippen LogP contribution in [-0.4, -0.2) is 26.5 Å². The van der Waals surface area contributed by atoms with Crippen LogP contribution in [0.15, 0.2) is 48.5 Å². The predicted octanol–water partition coefficient (Wildman–Crippen LogP) is 4.02. The third kappa shape index (κ3) is 4.59. The molecule has 0 spiro atoms. The monoisotopic (exact) mass is 327 g/mol. The van der Waals surface area contributed by atoms with Crippen molar-refractivity contribution in [1.82, 2.24) is 5.32 Å². The van der Waals surface area contributed by atoms with Gasteiger partial charge in [0.15, 0.2) is 5.78 Å². The molecule has 2 aromatic carbocycles. The van der Waals surface area contributed by atoms with Gasteiger partial charge < -0.3 is 14.8 Å². The van der Waals surface area contributed by atoms with Crippen molar-refractivity contribution >= 4 is 5.78 Å². The van der Waals surface area contributed by atoms with Crippen molar-refractivity contribution in [2.24, 2.45) is 0 Å². The molecule has 1 N–H and O–H groups in total. The molecular weight excluding hydrogens is 302 g/mol. The van der Waals surface area contributed by atoms with Crippen LogP contribution >= 0.6 is 0 Å². The van der Waals surface area contributed by atoms with E-state index in [9.17, 15) is 4.79 Å². The van der Waals surface area contributed by atoms with E-state index in [2.05, 4.69) is 12.2 Å². The smallest absolute Gasteiger partial charge is 0.184 e. The third-order valence-corrected chi connectivity index (χ3v) is 3.96. The van der Waals surface area contributed by atoms with Gasteiger partial charge in [-0.15, -0.1) is 0 Å². The molecule has 0 saturated heterocycles. The summed E-state index contributed by atoms with van der Waals surface area (Å²) in [6, 6.07) is 14.5. The molecule has 0 amide bonds. The molecule has 4 nitrogen and oxygen atoms in total. The predicted molar refractivity (Wildman–Crippen MR) is 96.0 cm³/mol. The summed E-state index contributed by atoms with van der Waals surface area (Å²) in [4.78, 5) is 13.0. The zero-order valence-electron chi connectivity index (χ0n) is 14.5. The van der Waals surface area contributed by atoms with Gasteiger partial charge in [-0.25, -0.2) is 0 Å². The Hall–Kier alpha value is -2.33. The minimum Gasteiger partial charge on any atom is -0.497 e. The molecule has 0 radical (unpaired) electrons. The van der Waals surface area contributed by atoms with Gasteiger partial charge in [-0.3, -0.25) is 4.79 Å². The summed E-state index contributed by atoms with van der Waals surface area (Å²) in [6.07, 6.45) is 2.11. The molecule has 0 aliphatic rings. The maximum atomic E-state index is 13.0. The molecule has 2 rings (SSSR count). The van der Waals surface area contributed by atoms with E-state index in [0.29, 0.717) is 5.56 Å². The number of hydrogen-bond acceptors (Lipinski definition) is 4.